The molecule has 0 saturated heterocycles. The van der Waals surface area contributed by atoms with Crippen molar-refractivity contribution in [3.63, 3.8) is 0 Å². The van der Waals surface area contributed by atoms with E-state index in [4.69, 9.17) is 10.3 Å². The zero-order valence-corrected chi connectivity index (χ0v) is 16.8. The van der Waals surface area contributed by atoms with Crippen LogP contribution >= 0.6 is 0 Å². The van der Waals surface area contributed by atoms with Crippen LogP contribution < -0.4 is 16.0 Å². The second-order valence-corrected chi connectivity index (χ2v) is 6.87. The molecule has 0 aliphatic rings. The highest BCUT2D eigenvalue weighted by atomic mass is 16.5. The van der Waals surface area contributed by atoms with E-state index in [1.54, 1.807) is 11.1 Å². The predicted molar refractivity (Wildman–Crippen MR) is 114 cm³/mol. The van der Waals surface area contributed by atoms with Crippen LogP contribution in [-0.2, 0) is 0 Å². The fourth-order valence-corrected chi connectivity index (χ4v) is 2.73. The number of nitrogens with two attached hydrogens (primary N) is 1. The number of benzene rings is 1. The van der Waals surface area contributed by atoms with Crippen LogP contribution in [0.25, 0.3) is 23.1 Å². The number of nitrogen functional groups attached to an aromatic ring is 1. The van der Waals surface area contributed by atoms with Gasteiger partial charge in [0.05, 0.1) is 5.56 Å². The zero-order valence-electron chi connectivity index (χ0n) is 16.8. The van der Waals surface area contributed by atoms with E-state index in [1.165, 1.54) is 0 Å². The summed E-state index contributed by atoms with van der Waals surface area (Å²) in [5.74, 6) is 1.96. The molecule has 10 nitrogen and oxygen atoms in total. The van der Waals surface area contributed by atoms with Crippen molar-refractivity contribution in [2.45, 2.75) is 19.9 Å². The van der Waals surface area contributed by atoms with E-state index in [9.17, 15) is 0 Å². The van der Waals surface area contributed by atoms with E-state index in [-0.39, 0.29) is 23.6 Å². The molecule has 4 aromatic rings. The van der Waals surface area contributed by atoms with Crippen LogP contribution in [0.15, 0.2) is 53.2 Å². The van der Waals surface area contributed by atoms with Crippen LogP contribution in [0.3, 0.4) is 0 Å². The van der Waals surface area contributed by atoms with Crippen molar-refractivity contribution < 1.29 is 4.52 Å². The Bertz CT molecular complexity index is 1130. The molecule has 3 N–H and O–H groups in total. The summed E-state index contributed by atoms with van der Waals surface area (Å²) in [6.07, 6.45) is 1.67. The summed E-state index contributed by atoms with van der Waals surface area (Å²) in [6.45, 7) is 4.09. The first-order valence-corrected chi connectivity index (χ1v) is 9.37. The van der Waals surface area contributed by atoms with Crippen molar-refractivity contribution in [1.82, 2.24) is 30.1 Å². The minimum absolute atomic E-state index is 0.0647. The SMILES string of the molecule is CC(C)Nc1ccc(-c2nc(-c3nc(N)nc(N(C)c4ccccc4)n3)no2)cn1. The zero-order chi connectivity index (χ0) is 21.1. The van der Waals surface area contributed by atoms with E-state index >= 15 is 0 Å². The lowest BCUT2D eigenvalue weighted by Gasteiger charge is -2.17. The number of pyridine rings is 1. The van der Waals surface area contributed by atoms with Crippen molar-refractivity contribution in [3.05, 3.63) is 48.7 Å². The molecule has 0 spiro atoms. The Morgan fingerprint density at radius 3 is 2.47 bits per heavy atom. The molecular formula is C20H21N9O. The maximum Gasteiger partial charge on any atom is 0.259 e. The number of rotatable bonds is 6. The van der Waals surface area contributed by atoms with E-state index in [0.717, 1.165) is 11.5 Å². The van der Waals surface area contributed by atoms with Crippen molar-refractivity contribution in [2.24, 2.45) is 0 Å². The first-order chi connectivity index (χ1) is 14.5. The van der Waals surface area contributed by atoms with Gasteiger partial charge in [0.1, 0.15) is 5.82 Å². The first kappa shape index (κ1) is 19.2. The molecule has 0 fully saturated rings. The standard InChI is InChI=1S/C20H21N9O/c1-12(2)23-15-10-9-13(11-22-15)18-24-17(28-30-18)16-25-19(21)27-20(26-16)29(3)14-7-5-4-6-8-14/h4-12H,1-3H3,(H,22,23)(H2,21,25,26,27). The lowest BCUT2D eigenvalue weighted by Crippen LogP contribution is -2.15. The number of hydrogen-bond acceptors (Lipinski definition) is 10. The third-order valence-electron chi connectivity index (χ3n) is 4.16. The van der Waals surface area contributed by atoms with Gasteiger partial charge in [-0.3, -0.25) is 0 Å². The smallest absolute Gasteiger partial charge is 0.259 e. The third kappa shape index (κ3) is 4.17. The number of anilines is 4. The molecule has 3 aromatic heterocycles. The van der Waals surface area contributed by atoms with Crippen LogP contribution in [0.4, 0.5) is 23.4 Å². The summed E-state index contributed by atoms with van der Waals surface area (Å²) in [4.78, 5) is 23.4. The molecule has 0 unspecified atom stereocenters. The molecule has 0 amide bonds. The normalized spacial score (nSPS) is 10.9. The summed E-state index contributed by atoms with van der Waals surface area (Å²) < 4.78 is 5.37. The van der Waals surface area contributed by atoms with Crippen molar-refractivity contribution in [2.75, 3.05) is 23.0 Å². The van der Waals surface area contributed by atoms with Gasteiger partial charge < -0.3 is 20.5 Å². The highest BCUT2D eigenvalue weighted by molar-refractivity contribution is 5.60. The summed E-state index contributed by atoms with van der Waals surface area (Å²) in [6, 6.07) is 13.7. The van der Waals surface area contributed by atoms with Crippen molar-refractivity contribution in [1.29, 1.82) is 0 Å². The lowest BCUT2D eigenvalue weighted by atomic mass is 10.3. The van der Waals surface area contributed by atoms with Crippen molar-refractivity contribution >= 4 is 23.4 Å². The molecular weight excluding hydrogens is 382 g/mol. The molecule has 4 rings (SSSR count). The molecule has 30 heavy (non-hydrogen) atoms. The van der Waals surface area contributed by atoms with Gasteiger partial charge in [-0.1, -0.05) is 23.4 Å². The summed E-state index contributed by atoms with van der Waals surface area (Å²) in [5.41, 5.74) is 7.49. The number of nitrogens with zero attached hydrogens (tertiary/aromatic N) is 7. The van der Waals surface area contributed by atoms with E-state index < -0.39 is 0 Å². The van der Waals surface area contributed by atoms with E-state index in [1.807, 2.05) is 63.4 Å². The molecule has 0 aliphatic heterocycles. The van der Waals surface area contributed by atoms with Crippen LogP contribution in [0.1, 0.15) is 13.8 Å². The van der Waals surface area contributed by atoms with E-state index in [0.29, 0.717) is 17.4 Å². The van der Waals surface area contributed by atoms with Crippen LogP contribution in [0.5, 0.6) is 0 Å². The quantitative estimate of drug-likeness (QED) is 0.494. The van der Waals surface area contributed by atoms with Crippen LogP contribution in [0, 0.1) is 0 Å². The van der Waals surface area contributed by atoms with Crippen LogP contribution in [-0.4, -0.2) is 43.2 Å². The van der Waals surface area contributed by atoms with Gasteiger partial charge in [0.15, 0.2) is 0 Å². The minimum Gasteiger partial charge on any atom is -0.368 e. The molecule has 1 aromatic carbocycles. The molecule has 0 aliphatic carbocycles. The monoisotopic (exact) mass is 403 g/mol. The van der Waals surface area contributed by atoms with Gasteiger partial charge in [-0.25, -0.2) is 4.98 Å². The minimum atomic E-state index is 0.0647. The maximum absolute atomic E-state index is 5.89. The number of aromatic nitrogens is 6. The number of hydrogen-bond donors (Lipinski definition) is 2. The Balaban J connectivity index is 1.61. The summed E-state index contributed by atoms with van der Waals surface area (Å²) in [5, 5.41) is 7.22. The molecule has 0 atom stereocenters. The third-order valence-corrected chi connectivity index (χ3v) is 4.16. The molecule has 0 saturated carbocycles. The predicted octanol–water partition coefficient (Wildman–Crippen LogP) is 3.15. The van der Waals surface area contributed by atoms with Gasteiger partial charge >= 0.3 is 0 Å². The molecule has 10 heteroatoms. The topological polar surface area (TPSA) is 132 Å². The molecule has 0 bridgehead atoms. The van der Waals surface area contributed by atoms with Gasteiger partial charge in [0.2, 0.25) is 23.5 Å². The molecule has 152 valence electrons. The Morgan fingerprint density at radius 1 is 0.967 bits per heavy atom. The second-order valence-electron chi connectivity index (χ2n) is 6.87. The van der Waals surface area contributed by atoms with Gasteiger partial charge in [0, 0.05) is 25.0 Å². The first-order valence-electron chi connectivity index (χ1n) is 9.37. The Kier molecular flexibility index (Phi) is 5.21. The fourth-order valence-electron chi connectivity index (χ4n) is 2.73. The Hall–Kier alpha value is -4.08. The number of nitrogens with one attached hydrogen (secondary N) is 1. The fraction of sp³-hybridized carbons (Fsp3) is 0.200. The summed E-state index contributed by atoms with van der Waals surface area (Å²) in [7, 11) is 1.84. The average Bonchev–Trinajstić information content (AvgIpc) is 3.24. The average molecular weight is 403 g/mol. The lowest BCUT2D eigenvalue weighted by molar-refractivity contribution is 0.431. The Morgan fingerprint density at radius 2 is 1.77 bits per heavy atom. The number of para-hydroxylation sites is 1. The maximum atomic E-state index is 5.89. The second kappa shape index (κ2) is 8.11. The molecule has 3 heterocycles. The van der Waals surface area contributed by atoms with Gasteiger partial charge in [0.25, 0.3) is 5.89 Å². The van der Waals surface area contributed by atoms with Crippen molar-refractivity contribution in [3.8, 4) is 23.1 Å². The van der Waals surface area contributed by atoms with Gasteiger partial charge in [-0.05, 0) is 38.1 Å². The van der Waals surface area contributed by atoms with E-state index in [2.05, 4.69) is 35.4 Å². The highest BCUT2D eigenvalue weighted by Gasteiger charge is 2.17. The van der Waals surface area contributed by atoms with Crippen LogP contribution in [0.2, 0.25) is 0 Å². The highest BCUT2D eigenvalue weighted by Crippen LogP contribution is 2.24. The Labute approximate surface area is 173 Å². The van der Waals surface area contributed by atoms with Gasteiger partial charge in [-0.2, -0.15) is 19.9 Å². The van der Waals surface area contributed by atoms with Gasteiger partial charge in [-0.15, -0.1) is 0 Å². The molecule has 0 radical (unpaired) electrons. The largest absolute Gasteiger partial charge is 0.368 e. The summed E-state index contributed by atoms with van der Waals surface area (Å²) >= 11 is 0.